The second kappa shape index (κ2) is 42.0. The summed E-state index contributed by atoms with van der Waals surface area (Å²) in [7, 11) is 0. The fraction of sp³-hybridized carbons (Fsp3) is 0.694. The molecule has 0 spiro atoms. The van der Waals surface area contributed by atoms with E-state index < -0.39 is 0 Å². The van der Waals surface area contributed by atoms with Crippen LogP contribution in [0, 0.1) is 46.3 Å². The van der Waals surface area contributed by atoms with Gasteiger partial charge in [0.05, 0.1) is 10.8 Å². The zero-order valence-corrected chi connectivity index (χ0v) is 66.1. The fourth-order valence-corrected chi connectivity index (χ4v) is 13.7. The van der Waals surface area contributed by atoms with Gasteiger partial charge in [-0.2, -0.15) is 0 Å². The topological polar surface area (TPSA) is 189 Å². The van der Waals surface area contributed by atoms with Gasteiger partial charge < -0.3 is 58.3 Å². The standard InChI is InChI=1S/C19H32O2.C18H30O4.C14H22O3.C14H26O2.C10H14O2.C10H14O/c1-6-18(4,5)17(20)21-19(12(2)3)15-8-13-7-14(10-15)11-16(19)9-13;1-7-13(4)16-10-11-17(21-14(5)19-8-2)18(12-16)22-15(6)20-9-3;1-5-10(3)12-7-8-14(13(15)9-12)17-11(4)16-6-2;1-6-13(4,5)12(15)16-14(11(2)3)9-7-8-10-14;1-3-7(2)8-4-5-9(11)10(12)6-8;1-3-8(2)9-4-6-10(11)7-5-9/h12-16H,6-11H2,1-5H3;10-15H,7-9H2,1-6H3;7-11,15H,5-6H2,1-4H3;11H,6-10H2,1-5H3;4-7,11-12H,3H2,1-2H3;4-8,11H,3H2,1-2H3. The van der Waals surface area contributed by atoms with Gasteiger partial charge in [0.2, 0.25) is 0 Å². The number of ether oxygens (including phenoxy) is 8. The Morgan fingerprint density at radius 1 is 0.424 bits per heavy atom. The molecule has 5 saturated carbocycles. The first kappa shape index (κ1) is 87.5. The molecule has 5 fully saturated rings. The number of carbonyl (C=O) groups is 2. The fourth-order valence-electron chi connectivity index (χ4n) is 13.7. The predicted molar refractivity (Wildman–Crippen MR) is 403 cm³/mol. The average Bonchev–Trinajstić information content (AvgIpc) is 1.01. The maximum atomic E-state index is 12.8. The number of hydrogen-bond donors (Lipinski definition) is 4. The molecule has 0 radical (unpaired) electrons. The van der Waals surface area contributed by atoms with Crippen LogP contribution in [0.1, 0.15) is 308 Å². The highest BCUT2D eigenvalue weighted by Gasteiger charge is 2.61. The Morgan fingerprint density at radius 3 is 1.17 bits per heavy atom. The Labute approximate surface area is 600 Å². The molecular formula is C85H138O14. The lowest BCUT2D eigenvalue weighted by Crippen LogP contribution is -2.63. The summed E-state index contributed by atoms with van der Waals surface area (Å²) in [6.07, 6.45) is 16.1. The largest absolute Gasteiger partial charge is 0.508 e. The van der Waals surface area contributed by atoms with E-state index in [1.807, 2.05) is 113 Å². The molecule has 4 N–H and O–H groups in total. The number of aromatic hydroxyl groups is 4. The van der Waals surface area contributed by atoms with Crippen molar-refractivity contribution < 1.29 is 67.9 Å². The van der Waals surface area contributed by atoms with Gasteiger partial charge in [-0.25, -0.2) is 0 Å². The van der Waals surface area contributed by atoms with Crippen molar-refractivity contribution in [2.45, 2.75) is 316 Å². The maximum absolute atomic E-state index is 12.8. The summed E-state index contributed by atoms with van der Waals surface area (Å²) >= 11 is 0. The summed E-state index contributed by atoms with van der Waals surface area (Å²) < 4.78 is 45.7. The van der Waals surface area contributed by atoms with Crippen molar-refractivity contribution in [1.82, 2.24) is 0 Å². The normalized spacial score (nSPS) is 20.9. The molecule has 14 heteroatoms. The van der Waals surface area contributed by atoms with E-state index in [1.165, 1.54) is 62.1 Å². The molecule has 0 amide bonds. The van der Waals surface area contributed by atoms with E-state index in [0.717, 1.165) is 74.3 Å². The second-order valence-corrected chi connectivity index (χ2v) is 30.4. The Bertz CT molecular complexity index is 2910. The molecule has 4 bridgehead atoms. The number of carbonyl (C=O) groups excluding carboxylic acids is 2. The van der Waals surface area contributed by atoms with Crippen LogP contribution in [0.5, 0.6) is 40.2 Å². The lowest BCUT2D eigenvalue weighted by atomic mass is 9.47. The van der Waals surface area contributed by atoms with Gasteiger partial charge in [0.25, 0.3) is 0 Å². The van der Waals surface area contributed by atoms with Crippen LogP contribution in [0.2, 0.25) is 0 Å². The van der Waals surface area contributed by atoms with Crippen molar-refractivity contribution in [2.24, 2.45) is 46.3 Å². The highest BCUT2D eigenvalue weighted by Crippen LogP contribution is 2.62. The Morgan fingerprint density at radius 2 is 0.788 bits per heavy atom. The summed E-state index contributed by atoms with van der Waals surface area (Å²) in [5, 5.41) is 37.1. The van der Waals surface area contributed by atoms with E-state index in [0.29, 0.717) is 90.2 Å². The van der Waals surface area contributed by atoms with E-state index in [2.05, 4.69) is 96.1 Å². The number of rotatable bonds is 28. The van der Waals surface area contributed by atoms with Gasteiger partial charge in [-0.1, -0.05) is 127 Å². The van der Waals surface area contributed by atoms with E-state index >= 15 is 0 Å². The molecule has 14 nitrogen and oxygen atoms in total. The van der Waals surface area contributed by atoms with Crippen molar-refractivity contribution in [3.8, 4) is 40.2 Å². The van der Waals surface area contributed by atoms with Crippen molar-refractivity contribution >= 4 is 11.9 Å². The van der Waals surface area contributed by atoms with Crippen LogP contribution in [0.25, 0.3) is 0 Å². The first-order valence-corrected chi connectivity index (χ1v) is 38.2. The van der Waals surface area contributed by atoms with Gasteiger partial charge in [0.15, 0.2) is 53.4 Å². The van der Waals surface area contributed by atoms with Crippen LogP contribution < -0.4 is 14.2 Å². The average molecular weight is 1380 g/mol. The quantitative estimate of drug-likeness (QED) is 0.0239. The Kier molecular flexibility index (Phi) is 37.2. The van der Waals surface area contributed by atoms with Crippen molar-refractivity contribution in [3.63, 3.8) is 0 Å². The molecule has 4 aromatic rings. The van der Waals surface area contributed by atoms with Crippen molar-refractivity contribution in [1.29, 1.82) is 0 Å². The van der Waals surface area contributed by atoms with Gasteiger partial charge in [-0.3, -0.25) is 9.59 Å². The summed E-state index contributed by atoms with van der Waals surface area (Å²) in [6.45, 7) is 51.3. The van der Waals surface area contributed by atoms with Gasteiger partial charge >= 0.3 is 11.9 Å². The lowest BCUT2D eigenvalue weighted by Gasteiger charge is -2.62. The summed E-state index contributed by atoms with van der Waals surface area (Å²) in [4.78, 5) is 24.9. The number of hydrogen-bond acceptors (Lipinski definition) is 14. The van der Waals surface area contributed by atoms with E-state index in [4.69, 9.17) is 48.1 Å². The third kappa shape index (κ3) is 26.3. The molecule has 0 aromatic heterocycles. The molecule has 7 atom stereocenters. The molecule has 99 heavy (non-hydrogen) atoms. The maximum Gasteiger partial charge on any atom is 0.312 e. The minimum atomic E-state index is -0.351. The SMILES string of the molecule is CCC(C)(C)C(=O)OC1(C(C)C)C2CC3CC(C2)CC1C3.CCC(C)(C)C(=O)OC1(C(C)C)CCCC1.CCC(C)c1ccc(O)c(O)c1.CCC(C)c1ccc(O)cc1.CCOC(C)Oc1ccc(C(C)CC)cc1O.CCOC(C)Oc1ccc(C(C)CC)cc1OC(C)OCC. The molecule has 7 unspecified atom stereocenters. The third-order valence-electron chi connectivity index (χ3n) is 21.9. The molecule has 9 rings (SSSR count). The van der Waals surface area contributed by atoms with Gasteiger partial charge in [-0.15, -0.1) is 0 Å². The molecule has 0 heterocycles. The van der Waals surface area contributed by atoms with Gasteiger partial charge in [0, 0.05) is 19.8 Å². The van der Waals surface area contributed by atoms with E-state index in [1.54, 1.807) is 30.3 Å². The van der Waals surface area contributed by atoms with Crippen LogP contribution >= 0.6 is 0 Å². The summed E-state index contributed by atoms with van der Waals surface area (Å²) in [6, 6.07) is 24.0. The van der Waals surface area contributed by atoms with Crippen LogP contribution in [0.3, 0.4) is 0 Å². The van der Waals surface area contributed by atoms with Gasteiger partial charge in [-0.05, 0) is 296 Å². The van der Waals surface area contributed by atoms with Gasteiger partial charge in [0.1, 0.15) is 17.0 Å². The monoisotopic (exact) mass is 1380 g/mol. The number of phenols is 4. The summed E-state index contributed by atoms with van der Waals surface area (Å²) in [5.74, 6) is 8.15. The highest BCUT2D eigenvalue weighted by molar-refractivity contribution is 5.77. The number of benzene rings is 4. The first-order chi connectivity index (χ1) is 46.6. The first-order valence-electron chi connectivity index (χ1n) is 38.2. The van der Waals surface area contributed by atoms with Crippen LogP contribution in [0.4, 0.5) is 0 Å². The molecule has 0 saturated heterocycles. The molecular weight excluding hydrogens is 1240 g/mol. The van der Waals surface area contributed by atoms with Crippen LogP contribution in [0.15, 0.2) is 78.9 Å². The second-order valence-electron chi connectivity index (χ2n) is 30.4. The van der Waals surface area contributed by atoms with Crippen LogP contribution in [-0.2, 0) is 33.3 Å². The Hall–Kier alpha value is -5.70. The minimum Gasteiger partial charge on any atom is -0.508 e. The lowest BCUT2D eigenvalue weighted by molar-refractivity contribution is -0.231. The third-order valence-corrected chi connectivity index (χ3v) is 21.9. The van der Waals surface area contributed by atoms with E-state index in [-0.39, 0.29) is 70.1 Å². The summed E-state index contributed by atoms with van der Waals surface area (Å²) in [5.41, 5.74) is 3.68. The molecule has 562 valence electrons. The number of phenolic OH excluding ortho intramolecular Hbond substituents is 4. The minimum absolute atomic E-state index is 0.0226. The zero-order valence-electron chi connectivity index (χ0n) is 66.1. The molecule has 0 aliphatic heterocycles. The zero-order chi connectivity index (χ0) is 74.6. The van der Waals surface area contributed by atoms with Crippen molar-refractivity contribution in [3.05, 3.63) is 101 Å². The van der Waals surface area contributed by atoms with E-state index in [9.17, 15) is 19.8 Å². The predicted octanol–water partition coefficient (Wildman–Crippen LogP) is 22.7. The highest BCUT2D eigenvalue weighted by atomic mass is 16.7. The van der Waals surface area contributed by atoms with Crippen molar-refractivity contribution in [2.75, 3.05) is 19.8 Å². The van der Waals surface area contributed by atoms with Crippen LogP contribution in [-0.4, -0.2) is 82.3 Å². The number of esters is 2. The smallest absolute Gasteiger partial charge is 0.312 e. The molecule has 5 aliphatic carbocycles. The Balaban J connectivity index is 0.000000314. The molecule has 5 aliphatic rings. The molecule has 4 aromatic carbocycles.